The zero-order valence-electron chi connectivity index (χ0n) is 7.38. The number of ether oxygens (including phenoxy) is 1. The van der Waals surface area contributed by atoms with Crippen molar-refractivity contribution >= 4 is 28.9 Å². The van der Waals surface area contributed by atoms with Crippen LogP contribution in [0.15, 0.2) is 11.4 Å². The molecule has 0 aliphatic rings. The maximum atomic E-state index is 11.3. The van der Waals surface area contributed by atoms with Gasteiger partial charge in [-0.25, -0.2) is 4.79 Å². The molecule has 0 aliphatic heterocycles. The predicted octanol–water partition coefficient (Wildman–Crippen LogP) is 3.36. The summed E-state index contributed by atoms with van der Waals surface area (Å²) in [5.74, 6) is -0.312. The Bertz CT molecular complexity index is 283. The summed E-state index contributed by atoms with van der Waals surface area (Å²) in [5, 5.41) is 2.25. The molecular formula is C9H11ClO2S. The third kappa shape index (κ3) is 3.01. The highest BCUT2D eigenvalue weighted by Crippen LogP contribution is 2.22. The van der Waals surface area contributed by atoms with Crippen molar-refractivity contribution in [2.24, 2.45) is 0 Å². The largest absolute Gasteiger partial charge is 0.461 e. The maximum absolute atomic E-state index is 11.3. The highest BCUT2D eigenvalue weighted by molar-refractivity contribution is 7.12. The van der Waals surface area contributed by atoms with Gasteiger partial charge in [-0.2, -0.15) is 0 Å². The van der Waals surface area contributed by atoms with Crippen LogP contribution in [0.3, 0.4) is 0 Å². The van der Waals surface area contributed by atoms with Crippen LogP contribution in [-0.2, 0) is 4.74 Å². The Morgan fingerprint density at radius 2 is 2.46 bits per heavy atom. The molecule has 0 saturated carbocycles. The normalized spacial score (nSPS) is 10.0. The topological polar surface area (TPSA) is 26.3 Å². The summed E-state index contributed by atoms with van der Waals surface area (Å²) in [7, 11) is 0. The number of esters is 1. The van der Waals surface area contributed by atoms with Gasteiger partial charge in [0.2, 0.25) is 0 Å². The van der Waals surface area contributed by atoms with Crippen LogP contribution < -0.4 is 0 Å². The monoisotopic (exact) mass is 218 g/mol. The first kappa shape index (κ1) is 10.5. The Balaban J connectivity index is 2.45. The summed E-state index contributed by atoms with van der Waals surface area (Å²) in [5.41, 5.74) is 0. The fourth-order valence-corrected chi connectivity index (χ4v) is 1.84. The lowest BCUT2D eigenvalue weighted by Crippen LogP contribution is -2.04. The minimum Gasteiger partial charge on any atom is -0.461 e. The molecule has 2 nitrogen and oxygen atoms in total. The number of rotatable bonds is 4. The summed E-state index contributed by atoms with van der Waals surface area (Å²) in [4.78, 5) is 11.8. The number of thiophene rings is 1. The van der Waals surface area contributed by atoms with Crippen molar-refractivity contribution in [2.75, 3.05) is 6.61 Å². The third-order valence-corrected chi connectivity index (χ3v) is 2.86. The molecule has 0 aromatic carbocycles. The molecule has 1 heterocycles. The van der Waals surface area contributed by atoms with Gasteiger partial charge in [-0.3, -0.25) is 0 Å². The van der Waals surface area contributed by atoms with Crippen LogP contribution in [0.25, 0.3) is 0 Å². The molecule has 4 heteroatoms. The van der Waals surface area contributed by atoms with Gasteiger partial charge in [-0.05, 0) is 17.9 Å². The Morgan fingerprint density at radius 3 is 3.00 bits per heavy atom. The molecule has 0 bridgehead atoms. The van der Waals surface area contributed by atoms with Crippen molar-refractivity contribution in [1.82, 2.24) is 0 Å². The Kier molecular flexibility index (Phi) is 4.25. The van der Waals surface area contributed by atoms with Gasteiger partial charge in [-0.1, -0.05) is 24.9 Å². The average Bonchev–Trinajstić information content (AvgIpc) is 2.52. The highest BCUT2D eigenvalue weighted by Gasteiger charge is 2.12. The summed E-state index contributed by atoms with van der Waals surface area (Å²) in [6.45, 7) is 2.52. The fraction of sp³-hybridized carbons (Fsp3) is 0.444. The molecule has 1 rings (SSSR count). The molecule has 0 fully saturated rings. The first-order valence-corrected chi connectivity index (χ1v) is 5.41. The number of carbonyl (C=O) groups excluding carboxylic acids is 1. The van der Waals surface area contributed by atoms with E-state index in [1.54, 1.807) is 11.4 Å². The first-order valence-electron chi connectivity index (χ1n) is 4.15. The van der Waals surface area contributed by atoms with Crippen LogP contribution in [0, 0.1) is 0 Å². The number of hydrogen-bond donors (Lipinski definition) is 0. The minimum atomic E-state index is -0.312. The van der Waals surface area contributed by atoms with E-state index in [2.05, 4.69) is 0 Å². The van der Waals surface area contributed by atoms with Gasteiger partial charge in [0.25, 0.3) is 0 Å². The van der Waals surface area contributed by atoms with Gasteiger partial charge in [0, 0.05) is 0 Å². The molecule has 0 aliphatic carbocycles. The second-order valence-corrected chi connectivity index (χ2v) is 3.91. The van der Waals surface area contributed by atoms with Crippen molar-refractivity contribution in [3.05, 3.63) is 21.3 Å². The van der Waals surface area contributed by atoms with E-state index in [9.17, 15) is 4.79 Å². The van der Waals surface area contributed by atoms with Crippen molar-refractivity contribution in [1.29, 1.82) is 0 Å². The van der Waals surface area contributed by atoms with Crippen LogP contribution in [0.4, 0.5) is 0 Å². The van der Waals surface area contributed by atoms with Crippen LogP contribution in [0.2, 0.25) is 5.02 Å². The summed E-state index contributed by atoms with van der Waals surface area (Å²) >= 11 is 7.07. The van der Waals surface area contributed by atoms with Crippen LogP contribution in [0.1, 0.15) is 29.4 Å². The zero-order chi connectivity index (χ0) is 9.68. The van der Waals surface area contributed by atoms with Crippen molar-refractivity contribution in [3.63, 3.8) is 0 Å². The molecule has 1 aromatic rings. The number of hydrogen-bond acceptors (Lipinski definition) is 3. The molecule has 13 heavy (non-hydrogen) atoms. The Hall–Kier alpha value is -0.540. The standard InChI is InChI=1S/C9H11ClO2S/c1-2-3-5-12-9(11)8-7(10)4-6-13-8/h4,6H,2-3,5H2,1H3. The van der Waals surface area contributed by atoms with E-state index in [0.29, 0.717) is 16.5 Å². The lowest BCUT2D eigenvalue weighted by Gasteiger charge is -2.01. The van der Waals surface area contributed by atoms with E-state index in [0.717, 1.165) is 12.8 Å². The van der Waals surface area contributed by atoms with E-state index in [-0.39, 0.29) is 5.97 Å². The second-order valence-electron chi connectivity index (χ2n) is 2.59. The molecule has 0 spiro atoms. The molecule has 1 aromatic heterocycles. The first-order chi connectivity index (χ1) is 6.25. The number of halogens is 1. The lowest BCUT2D eigenvalue weighted by molar-refractivity contribution is 0.0505. The molecule has 0 amide bonds. The fourth-order valence-electron chi connectivity index (χ4n) is 0.814. The van der Waals surface area contributed by atoms with Gasteiger partial charge in [0.1, 0.15) is 4.88 Å². The molecule has 0 radical (unpaired) electrons. The van der Waals surface area contributed by atoms with Gasteiger partial charge in [0.15, 0.2) is 0 Å². The molecule has 0 N–H and O–H groups in total. The third-order valence-electron chi connectivity index (χ3n) is 1.53. The number of carbonyl (C=O) groups is 1. The Labute approximate surface area is 86.5 Å². The van der Waals surface area contributed by atoms with E-state index in [1.807, 2.05) is 6.92 Å². The van der Waals surface area contributed by atoms with Gasteiger partial charge in [-0.15, -0.1) is 11.3 Å². The van der Waals surface area contributed by atoms with Crippen molar-refractivity contribution in [3.8, 4) is 0 Å². The van der Waals surface area contributed by atoms with Crippen molar-refractivity contribution in [2.45, 2.75) is 19.8 Å². The summed E-state index contributed by atoms with van der Waals surface area (Å²) < 4.78 is 4.99. The van der Waals surface area contributed by atoms with Gasteiger partial charge in [0.05, 0.1) is 11.6 Å². The van der Waals surface area contributed by atoms with E-state index in [4.69, 9.17) is 16.3 Å². The van der Waals surface area contributed by atoms with Crippen LogP contribution in [0.5, 0.6) is 0 Å². The Morgan fingerprint density at radius 1 is 1.69 bits per heavy atom. The van der Waals surface area contributed by atoms with Crippen molar-refractivity contribution < 1.29 is 9.53 Å². The van der Waals surface area contributed by atoms with E-state index < -0.39 is 0 Å². The van der Waals surface area contributed by atoms with Gasteiger partial charge >= 0.3 is 5.97 Å². The maximum Gasteiger partial charge on any atom is 0.349 e. The molecule has 0 saturated heterocycles. The summed E-state index contributed by atoms with van der Waals surface area (Å²) in [6, 6.07) is 1.70. The van der Waals surface area contributed by atoms with E-state index >= 15 is 0 Å². The molecular weight excluding hydrogens is 208 g/mol. The number of unbranched alkanes of at least 4 members (excludes halogenated alkanes) is 1. The smallest absolute Gasteiger partial charge is 0.349 e. The molecule has 0 unspecified atom stereocenters. The summed E-state index contributed by atoms with van der Waals surface area (Å²) in [6.07, 6.45) is 1.92. The highest BCUT2D eigenvalue weighted by atomic mass is 35.5. The minimum absolute atomic E-state index is 0.312. The predicted molar refractivity (Wildman–Crippen MR) is 54.5 cm³/mol. The second kappa shape index (κ2) is 5.25. The quantitative estimate of drug-likeness (QED) is 0.572. The SMILES string of the molecule is CCCCOC(=O)c1sccc1Cl. The average molecular weight is 219 g/mol. The molecule has 72 valence electrons. The van der Waals surface area contributed by atoms with Crippen LogP contribution in [-0.4, -0.2) is 12.6 Å². The molecule has 0 atom stereocenters. The zero-order valence-corrected chi connectivity index (χ0v) is 8.95. The van der Waals surface area contributed by atoms with Crippen LogP contribution >= 0.6 is 22.9 Å². The lowest BCUT2D eigenvalue weighted by atomic mass is 10.4. The van der Waals surface area contributed by atoms with Gasteiger partial charge < -0.3 is 4.74 Å². The van der Waals surface area contributed by atoms with E-state index in [1.165, 1.54) is 11.3 Å².